The third-order valence-corrected chi connectivity index (χ3v) is 8.74. The summed E-state index contributed by atoms with van der Waals surface area (Å²) in [5.74, 6) is 0.921. The fourth-order valence-corrected chi connectivity index (χ4v) is 6.23. The molecule has 1 amide bonds. The van der Waals surface area contributed by atoms with Crippen molar-refractivity contribution in [3.8, 4) is 11.5 Å². The summed E-state index contributed by atoms with van der Waals surface area (Å²) in [4.78, 5) is 18.1. The van der Waals surface area contributed by atoms with E-state index in [-0.39, 0.29) is 18.2 Å². The first kappa shape index (κ1) is 24.2. The number of thiazole rings is 1. The number of carbonyl (C=O) groups excluding carboxylic acids is 1. The van der Waals surface area contributed by atoms with Crippen LogP contribution in [0, 0.1) is 0 Å². The molecule has 0 bridgehead atoms. The molecular weight excluding hydrogens is 498 g/mol. The van der Waals surface area contributed by atoms with E-state index in [4.69, 9.17) is 9.47 Å². The van der Waals surface area contributed by atoms with Crippen LogP contribution in [-0.2, 0) is 23.1 Å². The van der Waals surface area contributed by atoms with Gasteiger partial charge in [0, 0.05) is 37.8 Å². The van der Waals surface area contributed by atoms with Crippen LogP contribution in [0.3, 0.4) is 0 Å². The lowest BCUT2D eigenvalue weighted by Crippen LogP contribution is -2.26. The number of rotatable bonds is 7. The lowest BCUT2D eigenvalue weighted by molar-refractivity contribution is 0.0997. The van der Waals surface area contributed by atoms with Crippen LogP contribution in [0.15, 0.2) is 76.6 Å². The molecule has 1 aliphatic rings. The molecule has 0 aliphatic carbocycles. The lowest BCUT2D eigenvalue weighted by atomic mass is 10.2. The van der Waals surface area contributed by atoms with E-state index in [0.717, 1.165) is 22.2 Å². The molecule has 0 spiro atoms. The van der Waals surface area contributed by atoms with Gasteiger partial charge in [0.1, 0.15) is 0 Å². The molecule has 3 aromatic carbocycles. The zero-order chi connectivity index (χ0) is 25.3. The van der Waals surface area contributed by atoms with E-state index < -0.39 is 15.9 Å². The van der Waals surface area contributed by atoms with E-state index in [0.29, 0.717) is 28.4 Å². The van der Waals surface area contributed by atoms with Gasteiger partial charge in [-0.25, -0.2) is 8.42 Å². The quantitative estimate of drug-likeness (QED) is 0.358. The zero-order valence-corrected chi connectivity index (χ0v) is 21.5. The number of hydrogen-bond donors (Lipinski definition) is 0. The third-order valence-electron chi connectivity index (χ3n) is 5.88. The highest BCUT2D eigenvalue weighted by Crippen LogP contribution is 2.37. The monoisotopic (exact) mass is 523 g/mol. The minimum Gasteiger partial charge on any atom is -0.454 e. The predicted octanol–water partition coefficient (Wildman–Crippen LogP) is 4.40. The smallest absolute Gasteiger partial charge is 0.279 e. The molecular formula is C26H25N3O5S2. The molecule has 0 unspecified atom stereocenters. The Morgan fingerprint density at radius 2 is 1.75 bits per heavy atom. The van der Waals surface area contributed by atoms with Gasteiger partial charge in [-0.15, -0.1) is 0 Å². The SMILES string of the molecule is CCCn1c(=NC(=O)c2ccc(S(=O)(=O)N(C)Cc3ccccc3)cc2)sc2cc3c(cc21)OCO3. The van der Waals surface area contributed by atoms with Crippen LogP contribution < -0.4 is 14.3 Å². The summed E-state index contributed by atoms with van der Waals surface area (Å²) in [7, 11) is -2.17. The summed E-state index contributed by atoms with van der Waals surface area (Å²) in [6.07, 6.45) is 0.866. The van der Waals surface area contributed by atoms with Crippen molar-refractivity contribution in [3.05, 3.63) is 82.7 Å². The molecule has 0 saturated carbocycles. The molecule has 0 N–H and O–H groups in total. The standard InChI is InChI=1S/C26H25N3O5S2/c1-3-13-29-21-14-22-23(34-17-33-22)15-24(21)35-26(29)27-25(30)19-9-11-20(12-10-19)36(31,32)28(2)16-18-7-5-4-6-8-18/h4-12,14-15H,3,13,16-17H2,1-2H3. The Balaban J connectivity index is 1.42. The highest BCUT2D eigenvalue weighted by molar-refractivity contribution is 7.89. The maximum absolute atomic E-state index is 13.0. The molecule has 0 fully saturated rings. The van der Waals surface area contributed by atoms with Crippen LogP contribution >= 0.6 is 11.3 Å². The molecule has 1 aromatic heterocycles. The molecule has 5 rings (SSSR count). The number of aryl methyl sites for hydroxylation is 1. The first-order valence-electron chi connectivity index (χ1n) is 11.5. The summed E-state index contributed by atoms with van der Waals surface area (Å²) in [6.45, 7) is 3.20. The van der Waals surface area contributed by atoms with Crippen molar-refractivity contribution >= 4 is 37.5 Å². The minimum atomic E-state index is -3.71. The number of hydrogen-bond acceptors (Lipinski definition) is 6. The Hall–Kier alpha value is -3.47. The molecule has 0 radical (unpaired) electrons. The van der Waals surface area contributed by atoms with Gasteiger partial charge in [-0.3, -0.25) is 4.79 Å². The predicted molar refractivity (Wildman–Crippen MR) is 138 cm³/mol. The van der Waals surface area contributed by atoms with Crippen LogP contribution in [0.1, 0.15) is 29.3 Å². The van der Waals surface area contributed by atoms with Gasteiger partial charge in [0.2, 0.25) is 16.8 Å². The van der Waals surface area contributed by atoms with Crippen LogP contribution in [0.2, 0.25) is 0 Å². The van der Waals surface area contributed by atoms with Crippen molar-refractivity contribution < 1.29 is 22.7 Å². The molecule has 186 valence electrons. The van der Waals surface area contributed by atoms with E-state index in [2.05, 4.69) is 11.9 Å². The van der Waals surface area contributed by atoms with Gasteiger partial charge in [0.25, 0.3) is 5.91 Å². The number of aromatic nitrogens is 1. The highest BCUT2D eigenvalue weighted by Gasteiger charge is 2.22. The number of sulfonamides is 1. The summed E-state index contributed by atoms with van der Waals surface area (Å²) >= 11 is 1.40. The van der Waals surface area contributed by atoms with E-state index in [1.54, 1.807) is 0 Å². The average molecular weight is 524 g/mol. The lowest BCUT2D eigenvalue weighted by Gasteiger charge is -2.17. The van der Waals surface area contributed by atoms with Crippen LogP contribution in [0.4, 0.5) is 0 Å². The van der Waals surface area contributed by atoms with Gasteiger partial charge < -0.3 is 14.0 Å². The Bertz CT molecular complexity index is 1590. The Morgan fingerprint density at radius 3 is 2.44 bits per heavy atom. The number of amides is 1. The van der Waals surface area contributed by atoms with Crippen LogP contribution in [0.25, 0.3) is 10.2 Å². The van der Waals surface area contributed by atoms with Gasteiger partial charge in [-0.1, -0.05) is 48.6 Å². The normalized spacial score (nSPS) is 13.6. The Kier molecular flexibility index (Phi) is 6.65. The average Bonchev–Trinajstić information content (AvgIpc) is 3.47. The summed E-state index contributed by atoms with van der Waals surface area (Å²) in [5.41, 5.74) is 2.14. The molecule has 0 atom stereocenters. The molecule has 8 nitrogen and oxygen atoms in total. The second kappa shape index (κ2) is 9.88. The first-order valence-corrected chi connectivity index (χ1v) is 13.7. The van der Waals surface area contributed by atoms with E-state index >= 15 is 0 Å². The summed E-state index contributed by atoms with van der Waals surface area (Å²) in [5, 5.41) is 0. The van der Waals surface area contributed by atoms with Gasteiger partial charge in [0.05, 0.1) is 15.1 Å². The van der Waals surface area contributed by atoms with Crippen molar-refractivity contribution in [3.63, 3.8) is 0 Å². The fourth-order valence-electron chi connectivity index (χ4n) is 4.01. The van der Waals surface area contributed by atoms with Crippen LogP contribution in [0.5, 0.6) is 11.5 Å². The molecule has 4 aromatic rings. The largest absolute Gasteiger partial charge is 0.454 e. The van der Waals surface area contributed by atoms with E-state index in [9.17, 15) is 13.2 Å². The number of ether oxygens (including phenoxy) is 2. The summed E-state index contributed by atoms with van der Waals surface area (Å²) < 4.78 is 41.2. The molecule has 0 saturated heterocycles. The van der Waals surface area contributed by atoms with Gasteiger partial charge >= 0.3 is 0 Å². The van der Waals surface area contributed by atoms with E-state index in [1.807, 2.05) is 47.0 Å². The zero-order valence-electron chi connectivity index (χ0n) is 19.9. The fraction of sp³-hybridized carbons (Fsp3) is 0.231. The van der Waals surface area contributed by atoms with Crippen molar-refractivity contribution in [1.29, 1.82) is 0 Å². The Morgan fingerprint density at radius 1 is 1.06 bits per heavy atom. The first-order chi connectivity index (χ1) is 17.4. The number of benzene rings is 3. The second-order valence-electron chi connectivity index (χ2n) is 8.40. The van der Waals surface area contributed by atoms with Crippen LogP contribution in [-0.4, -0.2) is 37.0 Å². The minimum absolute atomic E-state index is 0.120. The molecule has 10 heteroatoms. The molecule has 1 aliphatic heterocycles. The Labute approximate surface area is 213 Å². The number of carbonyl (C=O) groups is 1. The van der Waals surface area contributed by atoms with Crippen molar-refractivity contribution in [2.45, 2.75) is 31.3 Å². The second-order valence-corrected chi connectivity index (χ2v) is 11.5. The number of nitrogens with zero attached hydrogens (tertiary/aromatic N) is 3. The molecule has 36 heavy (non-hydrogen) atoms. The van der Waals surface area contributed by atoms with Crippen molar-refractivity contribution in [1.82, 2.24) is 8.87 Å². The van der Waals surface area contributed by atoms with Gasteiger partial charge in [-0.2, -0.15) is 9.30 Å². The number of fused-ring (bicyclic) bond motifs is 2. The third kappa shape index (κ3) is 4.67. The van der Waals surface area contributed by atoms with E-state index in [1.165, 1.54) is 47.0 Å². The maximum Gasteiger partial charge on any atom is 0.279 e. The van der Waals surface area contributed by atoms with Crippen molar-refractivity contribution in [2.24, 2.45) is 4.99 Å². The van der Waals surface area contributed by atoms with Gasteiger partial charge in [-0.05, 0) is 36.2 Å². The summed E-state index contributed by atoms with van der Waals surface area (Å²) in [6, 6.07) is 19.1. The maximum atomic E-state index is 13.0. The molecule has 2 heterocycles. The topological polar surface area (TPSA) is 90.2 Å². The van der Waals surface area contributed by atoms with Crippen molar-refractivity contribution in [2.75, 3.05) is 13.8 Å². The highest BCUT2D eigenvalue weighted by atomic mass is 32.2. The van der Waals surface area contributed by atoms with Gasteiger partial charge in [0.15, 0.2) is 16.3 Å².